The zero-order valence-electron chi connectivity index (χ0n) is 40.0. The van der Waals surface area contributed by atoms with Crippen LogP contribution < -0.4 is 0 Å². The Morgan fingerprint density at radius 1 is 0.233 bits per heavy atom. The molecule has 0 bridgehead atoms. The highest BCUT2D eigenvalue weighted by Crippen LogP contribution is 2.51. The van der Waals surface area contributed by atoms with E-state index in [4.69, 9.17) is 9.97 Å². The van der Waals surface area contributed by atoms with E-state index in [2.05, 4.69) is 278 Å². The molecule has 0 saturated heterocycles. The van der Waals surface area contributed by atoms with E-state index < -0.39 is 0 Å². The molecule has 0 saturated carbocycles. The maximum absolute atomic E-state index is 5.43. The van der Waals surface area contributed by atoms with Crippen LogP contribution in [-0.4, -0.2) is 14.5 Å². The molecule has 3 heteroatoms. The molecule has 0 atom stereocenters. The van der Waals surface area contributed by atoms with Crippen molar-refractivity contribution in [2.75, 3.05) is 0 Å². The quantitative estimate of drug-likeness (QED) is 0.137. The second kappa shape index (κ2) is 18.9. The van der Waals surface area contributed by atoms with Crippen molar-refractivity contribution in [3.8, 4) is 106 Å². The summed E-state index contributed by atoms with van der Waals surface area (Å²) in [6.07, 6.45) is 0. The average molecular weight is 930 g/mol. The summed E-state index contributed by atoms with van der Waals surface area (Å²) in [7, 11) is 0. The molecule has 13 rings (SSSR count). The van der Waals surface area contributed by atoms with Crippen LogP contribution in [0.1, 0.15) is 0 Å². The van der Waals surface area contributed by atoms with E-state index in [0.29, 0.717) is 5.82 Å². The number of hydrogen-bond acceptors (Lipinski definition) is 2. The van der Waals surface area contributed by atoms with Crippen LogP contribution in [0.2, 0.25) is 0 Å². The summed E-state index contributed by atoms with van der Waals surface area (Å²) in [5.41, 5.74) is 21.5. The Balaban J connectivity index is 1.25. The summed E-state index contributed by atoms with van der Waals surface area (Å²) in [5.74, 6) is 0.650. The summed E-state index contributed by atoms with van der Waals surface area (Å²) in [5, 5.41) is 2.35. The first-order valence-corrected chi connectivity index (χ1v) is 24.9. The minimum absolute atomic E-state index is 0.650. The molecule has 0 spiro atoms. The summed E-state index contributed by atoms with van der Waals surface area (Å²) in [6.45, 7) is 0. The molecule has 0 radical (unpaired) electrons. The molecule has 0 fully saturated rings. The van der Waals surface area contributed by atoms with Gasteiger partial charge in [-0.2, -0.15) is 0 Å². The Morgan fingerprint density at radius 3 is 1.01 bits per heavy atom. The lowest BCUT2D eigenvalue weighted by Crippen LogP contribution is -2.04. The predicted octanol–water partition coefficient (Wildman–Crippen LogP) is 18.6. The normalized spacial score (nSPS) is 11.3. The lowest BCUT2D eigenvalue weighted by Gasteiger charge is -2.23. The largest absolute Gasteiger partial charge is 0.307 e. The summed E-state index contributed by atoms with van der Waals surface area (Å²) < 4.78 is 2.61. The molecule has 342 valence electrons. The van der Waals surface area contributed by atoms with Gasteiger partial charge in [0.25, 0.3) is 0 Å². The first-order chi connectivity index (χ1) is 36.2. The third kappa shape index (κ3) is 8.09. The van der Waals surface area contributed by atoms with Crippen molar-refractivity contribution in [1.82, 2.24) is 14.5 Å². The SMILES string of the molecule is c1ccc(-c2cc(-c3ccccc3)c3c(c2)c2c(-c4ccccc4)ccc(-c4ccccc4)c2n3-c2c(-c3ccccc3)cc(-c3nc(-c4ccccc4)cc(-c4ccccc4)n3)cc2-c2ccccc2)cc1. The zero-order valence-corrected chi connectivity index (χ0v) is 40.0. The molecule has 0 aliphatic carbocycles. The van der Waals surface area contributed by atoms with Crippen LogP contribution in [0.15, 0.2) is 285 Å². The lowest BCUT2D eigenvalue weighted by molar-refractivity contribution is 1.17. The monoisotopic (exact) mass is 929 g/mol. The Labute approximate surface area is 425 Å². The van der Waals surface area contributed by atoms with Gasteiger partial charge >= 0.3 is 0 Å². The van der Waals surface area contributed by atoms with Gasteiger partial charge in [-0.05, 0) is 74.8 Å². The van der Waals surface area contributed by atoms with Gasteiger partial charge in [0, 0.05) is 49.7 Å². The summed E-state index contributed by atoms with van der Waals surface area (Å²) in [6, 6.07) is 102. The molecule has 2 heterocycles. The van der Waals surface area contributed by atoms with Crippen molar-refractivity contribution in [3.63, 3.8) is 0 Å². The molecule has 0 amide bonds. The second-order valence-electron chi connectivity index (χ2n) is 18.4. The van der Waals surface area contributed by atoms with Crippen LogP contribution in [0, 0.1) is 0 Å². The number of benzene rings is 11. The van der Waals surface area contributed by atoms with Gasteiger partial charge in [-0.15, -0.1) is 0 Å². The Morgan fingerprint density at radius 2 is 0.575 bits per heavy atom. The molecule has 3 nitrogen and oxygen atoms in total. The minimum atomic E-state index is 0.650. The number of fused-ring (bicyclic) bond motifs is 3. The molecule has 0 N–H and O–H groups in total. The Kier molecular flexibility index (Phi) is 11.2. The van der Waals surface area contributed by atoms with Crippen molar-refractivity contribution in [2.24, 2.45) is 0 Å². The fraction of sp³-hybridized carbons (Fsp3) is 0. The Bertz CT molecular complexity index is 3950. The topological polar surface area (TPSA) is 30.7 Å². The van der Waals surface area contributed by atoms with Gasteiger partial charge in [-0.25, -0.2) is 9.97 Å². The maximum Gasteiger partial charge on any atom is 0.160 e. The smallest absolute Gasteiger partial charge is 0.160 e. The van der Waals surface area contributed by atoms with E-state index in [-0.39, 0.29) is 0 Å². The van der Waals surface area contributed by atoms with Gasteiger partial charge in [0.2, 0.25) is 0 Å². The fourth-order valence-corrected chi connectivity index (χ4v) is 10.6. The molecular formula is C70H47N3. The van der Waals surface area contributed by atoms with Crippen LogP contribution in [0.5, 0.6) is 0 Å². The predicted molar refractivity (Wildman–Crippen MR) is 305 cm³/mol. The van der Waals surface area contributed by atoms with E-state index in [1.807, 2.05) is 12.1 Å². The molecule has 73 heavy (non-hydrogen) atoms. The summed E-state index contributed by atoms with van der Waals surface area (Å²) >= 11 is 0. The van der Waals surface area contributed by atoms with Crippen molar-refractivity contribution in [3.05, 3.63) is 285 Å². The highest BCUT2D eigenvalue weighted by atomic mass is 15.0. The van der Waals surface area contributed by atoms with Gasteiger partial charge in [-0.3, -0.25) is 0 Å². The highest BCUT2D eigenvalue weighted by molar-refractivity contribution is 6.23. The van der Waals surface area contributed by atoms with E-state index in [1.54, 1.807) is 0 Å². The van der Waals surface area contributed by atoms with Crippen molar-refractivity contribution >= 4 is 21.8 Å². The van der Waals surface area contributed by atoms with Gasteiger partial charge in [0.05, 0.1) is 28.1 Å². The average Bonchev–Trinajstić information content (AvgIpc) is 3.83. The van der Waals surface area contributed by atoms with Crippen LogP contribution >= 0.6 is 0 Å². The maximum atomic E-state index is 5.43. The number of hydrogen-bond donors (Lipinski definition) is 0. The van der Waals surface area contributed by atoms with Crippen molar-refractivity contribution < 1.29 is 0 Å². The van der Waals surface area contributed by atoms with Crippen LogP contribution in [-0.2, 0) is 0 Å². The molecule has 2 aromatic heterocycles. The molecule has 13 aromatic rings. The van der Waals surface area contributed by atoms with E-state index in [0.717, 1.165) is 106 Å². The molecule has 11 aromatic carbocycles. The van der Waals surface area contributed by atoms with E-state index in [1.165, 1.54) is 16.3 Å². The number of aromatic nitrogens is 3. The van der Waals surface area contributed by atoms with Gasteiger partial charge in [-0.1, -0.05) is 255 Å². The third-order valence-electron chi connectivity index (χ3n) is 14.0. The standard InChI is InChI=1S/C70H47N3/c1-9-25-48(26-10-1)56-43-60(51-31-15-4-16-32-51)68-63(44-56)66-58(49-27-11-2-12-28-49)41-42-59(50-29-13-3-14-30-50)69(66)73(68)67-61(52-33-17-5-18-34-52)45-57(46-62(67)53-35-19-6-20-36-53)70-71-64(54-37-21-7-22-38-54)47-65(72-70)55-39-23-8-24-40-55/h1-47H. The van der Waals surface area contributed by atoms with Gasteiger partial charge in [0.1, 0.15) is 0 Å². The lowest BCUT2D eigenvalue weighted by atomic mass is 9.91. The second-order valence-corrected chi connectivity index (χ2v) is 18.4. The third-order valence-corrected chi connectivity index (χ3v) is 14.0. The Hall–Kier alpha value is -9.70. The molecule has 0 unspecified atom stereocenters. The first kappa shape index (κ1) is 43.3. The molecular weight excluding hydrogens is 883 g/mol. The summed E-state index contributed by atoms with van der Waals surface area (Å²) in [4.78, 5) is 10.9. The molecule has 0 aliphatic rings. The van der Waals surface area contributed by atoms with E-state index in [9.17, 15) is 0 Å². The van der Waals surface area contributed by atoms with Crippen LogP contribution in [0.25, 0.3) is 128 Å². The zero-order chi connectivity index (χ0) is 48.5. The van der Waals surface area contributed by atoms with Crippen molar-refractivity contribution in [1.29, 1.82) is 0 Å². The van der Waals surface area contributed by atoms with Crippen LogP contribution in [0.3, 0.4) is 0 Å². The van der Waals surface area contributed by atoms with Gasteiger partial charge in [0.15, 0.2) is 5.82 Å². The highest BCUT2D eigenvalue weighted by Gasteiger charge is 2.28. The molecule has 0 aliphatic heterocycles. The van der Waals surface area contributed by atoms with Crippen LogP contribution in [0.4, 0.5) is 0 Å². The van der Waals surface area contributed by atoms with Gasteiger partial charge < -0.3 is 4.57 Å². The first-order valence-electron chi connectivity index (χ1n) is 24.9. The minimum Gasteiger partial charge on any atom is -0.307 e. The fourth-order valence-electron chi connectivity index (χ4n) is 10.6. The number of rotatable bonds is 10. The number of nitrogens with zero attached hydrogens (tertiary/aromatic N) is 3. The van der Waals surface area contributed by atoms with E-state index >= 15 is 0 Å². The van der Waals surface area contributed by atoms with Crippen molar-refractivity contribution in [2.45, 2.75) is 0 Å².